The molecule has 0 atom stereocenters. The van der Waals surface area contributed by atoms with Gasteiger partial charge >= 0.3 is 6.03 Å². The Bertz CT molecular complexity index is 674. The van der Waals surface area contributed by atoms with Gasteiger partial charge in [0.1, 0.15) is 0 Å². The third-order valence-corrected chi connectivity index (χ3v) is 3.34. The Balaban J connectivity index is 2.13. The summed E-state index contributed by atoms with van der Waals surface area (Å²) in [6.07, 6.45) is 4.52. The van der Waals surface area contributed by atoms with E-state index < -0.39 is 5.54 Å². The van der Waals surface area contributed by atoms with Crippen molar-refractivity contribution in [3.05, 3.63) is 42.4 Å². The number of carbonyl (C=O) groups excluding carboxylic acids is 1. The average molecular weight is 316 g/mol. The maximum Gasteiger partial charge on any atom is 0.321 e. The minimum absolute atomic E-state index is 0.370. The highest BCUT2D eigenvalue weighted by atomic mass is 16.5. The summed E-state index contributed by atoms with van der Waals surface area (Å²) in [5, 5.41) is 5.53. The highest BCUT2D eigenvalue weighted by molar-refractivity contribution is 5.88. The molecule has 0 spiro atoms. The second-order valence-electron chi connectivity index (χ2n) is 5.36. The predicted molar refractivity (Wildman–Crippen MR) is 86.8 cm³/mol. The van der Waals surface area contributed by atoms with Crippen molar-refractivity contribution in [1.82, 2.24) is 15.3 Å². The number of carbonyl (C=O) groups is 1. The Morgan fingerprint density at radius 3 is 2.48 bits per heavy atom. The maximum atomic E-state index is 12.1. The Morgan fingerprint density at radius 1 is 1.13 bits per heavy atom. The van der Waals surface area contributed by atoms with Crippen molar-refractivity contribution in [2.75, 3.05) is 19.5 Å². The standard InChI is InChI=1S/C16H20N4O3/c1-16(2,11-5-6-12(22-3)13(9-11)23-4)20-15(21)19-14-10-17-7-8-18-14/h5-10H,1-4H3,(H2,18,19,20,21). The monoisotopic (exact) mass is 316 g/mol. The molecule has 0 aliphatic carbocycles. The minimum atomic E-state index is -0.619. The number of methoxy groups -OCH3 is 2. The number of nitrogens with zero attached hydrogens (tertiary/aromatic N) is 2. The van der Waals surface area contributed by atoms with Gasteiger partial charge in [-0.25, -0.2) is 9.78 Å². The van der Waals surface area contributed by atoms with E-state index >= 15 is 0 Å². The molecule has 0 bridgehead atoms. The van der Waals surface area contributed by atoms with Crippen LogP contribution in [-0.2, 0) is 5.54 Å². The highest BCUT2D eigenvalue weighted by Crippen LogP contribution is 2.32. The van der Waals surface area contributed by atoms with Crippen molar-refractivity contribution in [3.63, 3.8) is 0 Å². The van der Waals surface area contributed by atoms with Crippen LogP contribution in [0.3, 0.4) is 0 Å². The second-order valence-corrected chi connectivity index (χ2v) is 5.36. The first-order chi connectivity index (χ1) is 11.0. The highest BCUT2D eigenvalue weighted by Gasteiger charge is 2.24. The summed E-state index contributed by atoms with van der Waals surface area (Å²) in [7, 11) is 3.15. The number of ether oxygens (including phenoxy) is 2. The van der Waals surface area contributed by atoms with Crippen molar-refractivity contribution in [2.24, 2.45) is 0 Å². The Kier molecular flexibility index (Phi) is 5.00. The molecule has 0 saturated heterocycles. The van der Waals surface area contributed by atoms with Crippen LogP contribution < -0.4 is 20.1 Å². The van der Waals surface area contributed by atoms with E-state index in [1.807, 2.05) is 26.0 Å². The molecule has 2 aromatic rings. The summed E-state index contributed by atoms with van der Waals surface area (Å²) in [4.78, 5) is 20.0. The zero-order chi connectivity index (χ0) is 16.9. The van der Waals surface area contributed by atoms with Gasteiger partial charge in [0.25, 0.3) is 0 Å². The van der Waals surface area contributed by atoms with Gasteiger partial charge in [-0.3, -0.25) is 10.3 Å². The number of aromatic nitrogens is 2. The van der Waals surface area contributed by atoms with Crippen LogP contribution >= 0.6 is 0 Å². The lowest BCUT2D eigenvalue weighted by Crippen LogP contribution is -2.43. The molecule has 0 fully saturated rings. The molecule has 0 aliphatic heterocycles. The van der Waals surface area contributed by atoms with Gasteiger partial charge in [-0.15, -0.1) is 0 Å². The van der Waals surface area contributed by atoms with Crippen molar-refractivity contribution >= 4 is 11.8 Å². The van der Waals surface area contributed by atoms with Gasteiger partial charge in [0.05, 0.1) is 26.0 Å². The van der Waals surface area contributed by atoms with Crippen LogP contribution in [0.2, 0.25) is 0 Å². The van der Waals surface area contributed by atoms with E-state index in [0.717, 1.165) is 5.56 Å². The Hall–Kier alpha value is -2.83. The minimum Gasteiger partial charge on any atom is -0.493 e. The van der Waals surface area contributed by atoms with E-state index in [1.165, 1.54) is 18.6 Å². The molecule has 2 amide bonds. The zero-order valence-corrected chi connectivity index (χ0v) is 13.6. The molecule has 2 N–H and O–H groups in total. The zero-order valence-electron chi connectivity index (χ0n) is 13.6. The van der Waals surface area contributed by atoms with Crippen LogP contribution in [0.5, 0.6) is 11.5 Å². The van der Waals surface area contributed by atoms with Crippen molar-refractivity contribution in [2.45, 2.75) is 19.4 Å². The molecule has 0 radical (unpaired) electrons. The average Bonchev–Trinajstić information content (AvgIpc) is 2.54. The van der Waals surface area contributed by atoms with Crippen LogP contribution in [0, 0.1) is 0 Å². The molecule has 0 unspecified atom stereocenters. The van der Waals surface area contributed by atoms with Gasteiger partial charge < -0.3 is 14.8 Å². The Morgan fingerprint density at radius 2 is 1.87 bits per heavy atom. The Labute approximate surface area is 135 Å². The number of benzene rings is 1. The smallest absolute Gasteiger partial charge is 0.321 e. The van der Waals surface area contributed by atoms with E-state index in [-0.39, 0.29) is 6.03 Å². The summed E-state index contributed by atoms with van der Waals surface area (Å²) in [5.74, 6) is 1.62. The molecule has 7 nitrogen and oxygen atoms in total. The largest absolute Gasteiger partial charge is 0.493 e. The molecule has 1 aromatic heterocycles. The van der Waals surface area contributed by atoms with Crippen molar-refractivity contribution < 1.29 is 14.3 Å². The van der Waals surface area contributed by atoms with Crippen LogP contribution in [0.25, 0.3) is 0 Å². The fourth-order valence-electron chi connectivity index (χ4n) is 2.09. The lowest BCUT2D eigenvalue weighted by Gasteiger charge is -2.27. The summed E-state index contributed by atoms with van der Waals surface area (Å²) in [5.41, 5.74) is 0.260. The number of hydrogen-bond donors (Lipinski definition) is 2. The molecular weight excluding hydrogens is 296 g/mol. The van der Waals surface area contributed by atoms with E-state index in [0.29, 0.717) is 17.3 Å². The molecule has 122 valence electrons. The number of amides is 2. The van der Waals surface area contributed by atoms with Crippen LogP contribution in [0.15, 0.2) is 36.8 Å². The van der Waals surface area contributed by atoms with Gasteiger partial charge in [-0.05, 0) is 31.5 Å². The first-order valence-electron chi connectivity index (χ1n) is 7.04. The predicted octanol–water partition coefficient (Wildman–Crippen LogP) is 2.55. The van der Waals surface area contributed by atoms with Gasteiger partial charge in [0.2, 0.25) is 0 Å². The van der Waals surface area contributed by atoms with Crippen molar-refractivity contribution in [1.29, 1.82) is 0 Å². The number of anilines is 1. The number of nitrogens with one attached hydrogen (secondary N) is 2. The summed E-state index contributed by atoms with van der Waals surface area (Å²) in [6, 6.07) is 5.15. The molecule has 1 aromatic carbocycles. The van der Waals surface area contributed by atoms with E-state index in [9.17, 15) is 4.79 Å². The van der Waals surface area contributed by atoms with E-state index in [1.54, 1.807) is 20.3 Å². The molecule has 2 rings (SSSR count). The van der Waals surface area contributed by atoms with Gasteiger partial charge in [0, 0.05) is 12.4 Å². The quantitative estimate of drug-likeness (QED) is 0.885. The summed E-state index contributed by atoms with van der Waals surface area (Å²) < 4.78 is 10.5. The molecule has 0 saturated carbocycles. The SMILES string of the molecule is COc1ccc(C(C)(C)NC(=O)Nc2cnccn2)cc1OC. The molecular formula is C16H20N4O3. The molecule has 7 heteroatoms. The third kappa shape index (κ3) is 4.09. The van der Waals surface area contributed by atoms with Crippen LogP contribution in [0.4, 0.5) is 10.6 Å². The van der Waals surface area contributed by atoms with Gasteiger partial charge in [0.15, 0.2) is 17.3 Å². The number of rotatable bonds is 5. The van der Waals surface area contributed by atoms with Crippen molar-refractivity contribution in [3.8, 4) is 11.5 Å². The fraction of sp³-hybridized carbons (Fsp3) is 0.312. The topological polar surface area (TPSA) is 85.4 Å². The first-order valence-corrected chi connectivity index (χ1v) is 7.04. The summed E-state index contributed by atoms with van der Waals surface area (Å²) in [6.45, 7) is 3.79. The summed E-state index contributed by atoms with van der Waals surface area (Å²) >= 11 is 0. The third-order valence-electron chi connectivity index (χ3n) is 3.34. The van der Waals surface area contributed by atoms with E-state index in [2.05, 4.69) is 20.6 Å². The lowest BCUT2D eigenvalue weighted by molar-refractivity contribution is 0.241. The number of hydrogen-bond acceptors (Lipinski definition) is 5. The van der Waals surface area contributed by atoms with Gasteiger partial charge in [-0.1, -0.05) is 6.07 Å². The fourth-order valence-corrected chi connectivity index (χ4v) is 2.09. The van der Waals surface area contributed by atoms with Crippen LogP contribution in [0.1, 0.15) is 19.4 Å². The molecule has 1 heterocycles. The normalized spacial score (nSPS) is 10.8. The maximum absolute atomic E-state index is 12.1. The van der Waals surface area contributed by atoms with Crippen LogP contribution in [-0.4, -0.2) is 30.2 Å². The second kappa shape index (κ2) is 6.95. The number of urea groups is 1. The molecule has 0 aliphatic rings. The van der Waals surface area contributed by atoms with Gasteiger partial charge in [-0.2, -0.15) is 0 Å². The lowest BCUT2D eigenvalue weighted by atomic mass is 9.94. The molecule has 23 heavy (non-hydrogen) atoms. The first kappa shape index (κ1) is 16.5. The van der Waals surface area contributed by atoms with E-state index in [4.69, 9.17) is 9.47 Å².